The quantitative estimate of drug-likeness (QED) is 0.584. The average Bonchev–Trinajstić information content (AvgIpc) is 3.16. The number of thioether (sulfide) groups is 1. The normalized spacial score (nSPS) is 14.7. The number of aromatic nitrogens is 3. The zero-order chi connectivity index (χ0) is 19.2. The zero-order valence-electron chi connectivity index (χ0n) is 15.8. The molecule has 0 radical (unpaired) electrons. The van der Waals surface area contributed by atoms with E-state index >= 15 is 0 Å². The number of benzene rings is 2. The molecule has 1 aliphatic rings. The van der Waals surface area contributed by atoms with Crippen LogP contribution in [0.1, 0.15) is 36.2 Å². The van der Waals surface area contributed by atoms with Crippen molar-refractivity contribution in [2.24, 2.45) is 0 Å². The van der Waals surface area contributed by atoms with Gasteiger partial charge in [-0.15, -0.1) is 10.2 Å². The Labute approximate surface area is 170 Å². The Morgan fingerprint density at radius 3 is 2.46 bits per heavy atom. The molecule has 0 bridgehead atoms. The number of hydrogen-bond acceptors (Lipinski definition) is 5. The standard InChI is InChI=1S/C22H23N5S/c23-15-18-9-5-6-10-19(18)17-28-22-25-24-21(16-26-13-7-2-8-14-26)27(22)20-11-3-1-4-12-20/h1,3-6,9-12H,2,7-8,13-14,16-17H2. The van der Waals surface area contributed by atoms with E-state index in [9.17, 15) is 5.26 Å². The molecule has 0 N–H and O–H groups in total. The van der Waals surface area contributed by atoms with Crippen LogP contribution in [0, 0.1) is 11.3 Å². The Morgan fingerprint density at radius 1 is 0.929 bits per heavy atom. The van der Waals surface area contributed by atoms with Gasteiger partial charge < -0.3 is 0 Å². The van der Waals surface area contributed by atoms with Crippen LogP contribution in [0.3, 0.4) is 0 Å². The topological polar surface area (TPSA) is 57.7 Å². The average molecular weight is 390 g/mol. The number of piperidine rings is 1. The molecule has 6 heteroatoms. The van der Waals surface area contributed by atoms with Crippen molar-refractivity contribution in [1.29, 1.82) is 5.26 Å². The van der Waals surface area contributed by atoms with E-state index in [4.69, 9.17) is 0 Å². The molecule has 5 nitrogen and oxygen atoms in total. The summed E-state index contributed by atoms with van der Waals surface area (Å²) in [5, 5.41) is 19.2. The first-order valence-corrected chi connectivity index (χ1v) is 10.7. The molecule has 0 aliphatic carbocycles. The highest BCUT2D eigenvalue weighted by molar-refractivity contribution is 7.98. The van der Waals surface area contributed by atoms with Crippen molar-refractivity contribution in [1.82, 2.24) is 19.7 Å². The number of likely N-dealkylation sites (tertiary alicyclic amines) is 1. The van der Waals surface area contributed by atoms with Gasteiger partial charge in [0.25, 0.3) is 0 Å². The fourth-order valence-corrected chi connectivity index (χ4v) is 4.52. The Balaban J connectivity index is 1.60. The zero-order valence-corrected chi connectivity index (χ0v) is 16.6. The molecule has 1 aliphatic heterocycles. The lowest BCUT2D eigenvalue weighted by Gasteiger charge is -2.26. The van der Waals surface area contributed by atoms with E-state index in [2.05, 4.69) is 37.9 Å². The van der Waals surface area contributed by atoms with Crippen LogP contribution in [0.25, 0.3) is 5.69 Å². The molecule has 0 unspecified atom stereocenters. The van der Waals surface area contributed by atoms with E-state index in [1.165, 1.54) is 19.3 Å². The van der Waals surface area contributed by atoms with Gasteiger partial charge in [-0.3, -0.25) is 9.47 Å². The fourth-order valence-electron chi connectivity index (χ4n) is 3.55. The van der Waals surface area contributed by atoms with Crippen LogP contribution in [0.5, 0.6) is 0 Å². The monoisotopic (exact) mass is 389 g/mol. The van der Waals surface area contributed by atoms with Crippen molar-refractivity contribution in [3.8, 4) is 11.8 Å². The van der Waals surface area contributed by atoms with Gasteiger partial charge in [0.15, 0.2) is 11.0 Å². The van der Waals surface area contributed by atoms with Crippen molar-refractivity contribution < 1.29 is 0 Å². The smallest absolute Gasteiger partial charge is 0.196 e. The Kier molecular flexibility index (Phi) is 6.05. The molecular weight excluding hydrogens is 366 g/mol. The maximum atomic E-state index is 9.34. The van der Waals surface area contributed by atoms with E-state index in [1.54, 1.807) is 11.8 Å². The van der Waals surface area contributed by atoms with E-state index in [0.717, 1.165) is 41.9 Å². The van der Waals surface area contributed by atoms with Gasteiger partial charge in [-0.1, -0.05) is 54.6 Å². The summed E-state index contributed by atoms with van der Waals surface area (Å²) in [6.07, 6.45) is 3.83. The summed E-state index contributed by atoms with van der Waals surface area (Å²) in [5.41, 5.74) is 2.82. The van der Waals surface area contributed by atoms with Crippen LogP contribution in [0.4, 0.5) is 0 Å². The predicted molar refractivity (Wildman–Crippen MR) is 111 cm³/mol. The number of hydrogen-bond donors (Lipinski definition) is 0. The molecule has 1 aromatic heterocycles. The summed E-state index contributed by atoms with van der Waals surface area (Å²) in [5.74, 6) is 1.67. The van der Waals surface area contributed by atoms with E-state index in [-0.39, 0.29) is 0 Å². The minimum atomic E-state index is 0.693. The van der Waals surface area contributed by atoms with Crippen molar-refractivity contribution in [3.05, 3.63) is 71.5 Å². The highest BCUT2D eigenvalue weighted by Crippen LogP contribution is 2.27. The van der Waals surface area contributed by atoms with Crippen molar-refractivity contribution >= 4 is 11.8 Å². The van der Waals surface area contributed by atoms with Gasteiger partial charge in [0, 0.05) is 11.4 Å². The predicted octanol–water partition coefficient (Wildman–Crippen LogP) is 4.42. The number of nitriles is 1. The molecule has 0 atom stereocenters. The second-order valence-corrected chi connectivity index (χ2v) is 7.91. The van der Waals surface area contributed by atoms with Crippen LogP contribution in [-0.2, 0) is 12.3 Å². The lowest BCUT2D eigenvalue weighted by molar-refractivity contribution is 0.214. The highest BCUT2D eigenvalue weighted by Gasteiger charge is 2.19. The second kappa shape index (κ2) is 9.05. The summed E-state index contributed by atoms with van der Waals surface area (Å²) in [7, 11) is 0. The molecule has 0 saturated carbocycles. The number of rotatable bonds is 6. The molecule has 28 heavy (non-hydrogen) atoms. The van der Waals surface area contributed by atoms with Crippen molar-refractivity contribution in [2.45, 2.75) is 36.7 Å². The maximum absolute atomic E-state index is 9.34. The van der Waals surface area contributed by atoms with Gasteiger partial charge >= 0.3 is 0 Å². The first-order valence-electron chi connectivity index (χ1n) is 9.68. The molecule has 1 saturated heterocycles. The molecule has 0 amide bonds. The molecular formula is C22H23N5S. The third-order valence-corrected chi connectivity index (χ3v) is 6.00. The van der Waals surface area contributed by atoms with Gasteiger partial charge in [-0.05, 0) is 49.7 Å². The molecule has 142 valence electrons. The number of para-hydroxylation sites is 1. The van der Waals surface area contributed by atoms with Gasteiger partial charge in [-0.25, -0.2) is 0 Å². The SMILES string of the molecule is N#Cc1ccccc1CSc1nnc(CN2CCCCC2)n1-c1ccccc1. The van der Waals surface area contributed by atoms with Crippen LogP contribution in [0.15, 0.2) is 59.8 Å². The number of nitrogens with zero attached hydrogens (tertiary/aromatic N) is 5. The highest BCUT2D eigenvalue weighted by atomic mass is 32.2. The minimum absolute atomic E-state index is 0.693. The molecule has 2 heterocycles. The van der Waals surface area contributed by atoms with Gasteiger partial charge in [0.1, 0.15) is 0 Å². The minimum Gasteiger partial charge on any atom is -0.296 e. The lowest BCUT2D eigenvalue weighted by Crippen LogP contribution is -2.30. The molecule has 0 spiro atoms. The third-order valence-electron chi connectivity index (χ3n) is 5.02. The molecule has 2 aromatic carbocycles. The van der Waals surface area contributed by atoms with Gasteiger partial charge in [-0.2, -0.15) is 5.26 Å². The van der Waals surface area contributed by atoms with Crippen LogP contribution >= 0.6 is 11.8 Å². The summed E-state index contributed by atoms with van der Waals surface area (Å²) in [6.45, 7) is 3.07. The van der Waals surface area contributed by atoms with E-state index in [1.807, 2.05) is 42.5 Å². The Morgan fingerprint density at radius 2 is 1.68 bits per heavy atom. The Bertz CT molecular complexity index is 955. The first-order chi connectivity index (χ1) is 13.8. The third kappa shape index (κ3) is 4.27. The van der Waals surface area contributed by atoms with Crippen LogP contribution in [0.2, 0.25) is 0 Å². The van der Waals surface area contributed by atoms with Gasteiger partial charge in [0.2, 0.25) is 0 Å². The summed E-state index contributed by atoms with van der Waals surface area (Å²) < 4.78 is 2.16. The molecule has 1 fully saturated rings. The lowest BCUT2D eigenvalue weighted by atomic mass is 10.1. The van der Waals surface area contributed by atoms with E-state index < -0.39 is 0 Å². The summed E-state index contributed by atoms with van der Waals surface area (Å²) in [6, 6.07) is 20.3. The summed E-state index contributed by atoms with van der Waals surface area (Å²) >= 11 is 1.63. The fraction of sp³-hybridized carbons (Fsp3) is 0.318. The van der Waals surface area contributed by atoms with Crippen molar-refractivity contribution in [2.75, 3.05) is 13.1 Å². The van der Waals surface area contributed by atoms with Crippen LogP contribution < -0.4 is 0 Å². The van der Waals surface area contributed by atoms with E-state index in [0.29, 0.717) is 11.3 Å². The maximum Gasteiger partial charge on any atom is 0.196 e. The van der Waals surface area contributed by atoms with Crippen LogP contribution in [-0.4, -0.2) is 32.8 Å². The first kappa shape index (κ1) is 18.7. The Hall–Kier alpha value is -2.62. The summed E-state index contributed by atoms with van der Waals surface area (Å²) in [4.78, 5) is 2.46. The largest absolute Gasteiger partial charge is 0.296 e. The van der Waals surface area contributed by atoms with Crippen molar-refractivity contribution in [3.63, 3.8) is 0 Å². The molecule has 3 aromatic rings. The second-order valence-electron chi connectivity index (χ2n) is 6.96. The molecule has 4 rings (SSSR count). The van der Waals surface area contributed by atoms with Gasteiger partial charge in [0.05, 0.1) is 18.2 Å².